The molecule has 3 rings (SSSR count). The van der Waals surface area contributed by atoms with E-state index in [1.807, 2.05) is 30.3 Å². The molecule has 0 unspecified atom stereocenters. The Labute approximate surface area is 179 Å². The smallest absolute Gasteiger partial charge is 0.342 e. The molecule has 0 saturated carbocycles. The van der Waals surface area contributed by atoms with E-state index in [9.17, 15) is 14.4 Å². The molecule has 160 valence electrons. The molecular weight excluding hydrogens is 396 g/mol. The second-order valence-corrected chi connectivity index (χ2v) is 7.27. The third kappa shape index (κ3) is 4.96. The summed E-state index contributed by atoms with van der Waals surface area (Å²) in [6.45, 7) is 2.99. The zero-order chi connectivity index (χ0) is 22.5. The van der Waals surface area contributed by atoms with Crippen molar-refractivity contribution in [2.75, 3.05) is 0 Å². The number of hydrogen-bond acceptors (Lipinski definition) is 7. The largest absolute Gasteiger partial charge is 0.457 e. The van der Waals surface area contributed by atoms with Crippen molar-refractivity contribution in [1.82, 2.24) is 0 Å². The summed E-state index contributed by atoms with van der Waals surface area (Å²) in [5.41, 5.74) is 12.3. The van der Waals surface area contributed by atoms with Crippen LogP contribution >= 0.6 is 0 Å². The van der Waals surface area contributed by atoms with E-state index in [4.69, 9.17) is 20.9 Å². The number of benzene rings is 3. The molecule has 0 aromatic heterocycles. The number of Topliss-reactive ketones (excluding diaryl/α,β-unsaturated/α-hetero) is 1. The maximum Gasteiger partial charge on any atom is 0.342 e. The van der Waals surface area contributed by atoms with Gasteiger partial charge in [-0.05, 0) is 36.2 Å². The van der Waals surface area contributed by atoms with Crippen molar-refractivity contribution in [3.05, 3.63) is 77.4 Å². The third-order valence-corrected chi connectivity index (χ3v) is 4.67. The van der Waals surface area contributed by atoms with E-state index < -0.39 is 29.8 Å². The highest BCUT2D eigenvalue weighted by Crippen LogP contribution is 2.34. The standard InChI is InChI=1S/C24H24N2O5/c1-14(25)21(27)20-18-11-7-6-10-17(18)12-19(22(20)31-23(28)15(2)26)24(29)30-13-16-8-4-3-5-9-16/h3-12,14-15H,13,25-26H2,1-2H3/t14-,15+/m1/s1. The summed E-state index contributed by atoms with van der Waals surface area (Å²) in [4.78, 5) is 38.3. The van der Waals surface area contributed by atoms with Crippen molar-refractivity contribution in [2.24, 2.45) is 11.5 Å². The van der Waals surface area contributed by atoms with Gasteiger partial charge in [0.25, 0.3) is 0 Å². The number of ketones is 1. The Hall–Kier alpha value is -3.55. The normalized spacial score (nSPS) is 12.8. The molecule has 31 heavy (non-hydrogen) atoms. The maximum atomic E-state index is 13.0. The second-order valence-electron chi connectivity index (χ2n) is 7.27. The Morgan fingerprint density at radius 1 is 0.903 bits per heavy atom. The number of nitrogens with two attached hydrogens (primary N) is 2. The molecule has 0 aliphatic rings. The SMILES string of the molecule is C[C@H](N)C(=O)Oc1c(C(=O)OCc2ccccc2)cc2ccccc2c1C(=O)[C@@H](C)N. The van der Waals surface area contributed by atoms with Crippen molar-refractivity contribution >= 4 is 28.5 Å². The van der Waals surface area contributed by atoms with Crippen LogP contribution in [0.4, 0.5) is 0 Å². The molecule has 2 atom stereocenters. The van der Waals surface area contributed by atoms with Crippen molar-refractivity contribution < 1.29 is 23.9 Å². The van der Waals surface area contributed by atoms with E-state index in [-0.39, 0.29) is 23.5 Å². The first-order valence-electron chi connectivity index (χ1n) is 9.83. The van der Waals surface area contributed by atoms with E-state index in [0.717, 1.165) is 5.56 Å². The van der Waals surface area contributed by atoms with Crippen LogP contribution in [0.5, 0.6) is 5.75 Å². The maximum absolute atomic E-state index is 13.0. The molecule has 3 aromatic rings. The van der Waals surface area contributed by atoms with Gasteiger partial charge in [0, 0.05) is 0 Å². The van der Waals surface area contributed by atoms with Gasteiger partial charge in [0.05, 0.1) is 11.6 Å². The number of hydrogen-bond donors (Lipinski definition) is 2. The van der Waals surface area contributed by atoms with Crippen molar-refractivity contribution in [1.29, 1.82) is 0 Å². The van der Waals surface area contributed by atoms with Gasteiger partial charge in [-0.15, -0.1) is 0 Å². The van der Waals surface area contributed by atoms with E-state index in [1.165, 1.54) is 19.9 Å². The summed E-state index contributed by atoms with van der Waals surface area (Å²) in [6, 6.07) is 15.8. The molecule has 0 aliphatic heterocycles. The Bertz CT molecular complexity index is 1120. The summed E-state index contributed by atoms with van der Waals surface area (Å²) in [5, 5.41) is 1.12. The number of esters is 2. The molecule has 7 heteroatoms. The lowest BCUT2D eigenvalue weighted by Gasteiger charge is -2.18. The Morgan fingerprint density at radius 2 is 1.55 bits per heavy atom. The highest BCUT2D eigenvalue weighted by atomic mass is 16.5. The zero-order valence-corrected chi connectivity index (χ0v) is 17.3. The second kappa shape index (κ2) is 9.51. The summed E-state index contributed by atoms with van der Waals surface area (Å²) < 4.78 is 10.9. The fourth-order valence-corrected chi connectivity index (χ4v) is 3.05. The molecule has 0 fully saturated rings. The van der Waals surface area contributed by atoms with Gasteiger partial charge in [0.2, 0.25) is 0 Å². The van der Waals surface area contributed by atoms with E-state index in [0.29, 0.717) is 10.8 Å². The Balaban J connectivity index is 2.14. The van der Waals surface area contributed by atoms with Crippen LogP contribution < -0.4 is 16.2 Å². The first-order valence-corrected chi connectivity index (χ1v) is 9.83. The van der Waals surface area contributed by atoms with E-state index in [1.54, 1.807) is 24.3 Å². The summed E-state index contributed by atoms with van der Waals surface area (Å²) in [7, 11) is 0. The fourth-order valence-electron chi connectivity index (χ4n) is 3.05. The lowest BCUT2D eigenvalue weighted by molar-refractivity contribution is -0.135. The summed E-state index contributed by atoms with van der Waals surface area (Å²) in [5.74, 6) is -2.19. The molecule has 0 amide bonds. The molecule has 0 bridgehead atoms. The highest BCUT2D eigenvalue weighted by Gasteiger charge is 2.29. The van der Waals surface area contributed by atoms with E-state index in [2.05, 4.69) is 0 Å². The minimum absolute atomic E-state index is 0.0176. The number of rotatable bonds is 7. The quantitative estimate of drug-likeness (QED) is 0.342. The third-order valence-electron chi connectivity index (χ3n) is 4.67. The van der Waals surface area contributed by atoms with Gasteiger partial charge >= 0.3 is 11.9 Å². The van der Waals surface area contributed by atoms with Gasteiger partial charge < -0.3 is 20.9 Å². The van der Waals surface area contributed by atoms with Gasteiger partial charge in [-0.1, -0.05) is 54.6 Å². The molecule has 0 spiro atoms. The van der Waals surface area contributed by atoms with Crippen LogP contribution in [-0.4, -0.2) is 29.8 Å². The van der Waals surface area contributed by atoms with Gasteiger partial charge in [0.1, 0.15) is 18.2 Å². The molecule has 3 aromatic carbocycles. The van der Waals surface area contributed by atoms with Gasteiger partial charge in [-0.2, -0.15) is 0 Å². The molecule has 0 saturated heterocycles. The minimum Gasteiger partial charge on any atom is -0.457 e. The molecule has 7 nitrogen and oxygen atoms in total. The van der Waals surface area contributed by atoms with Crippen LogP contribution in [0, 0.1) is 0 Å². The van der Waals surface area contributed by atoms with Crippen molar-refractivity contribution in [2.45, 2.75) is 32.5 Å². The lowest BCUT2D eigenvalue weighted by atomic mass is 9.94. The fraction of sp³-hybridized carbons (Fsp3) is 0.208. The summed E-state index contributed by atoms with van der Waals surface area (Å²) in [6.07, 6.45) is 0. The predicted octanol–water partition coefficient (Wildman–Crippen LogP) is 2.98. The van der Waals surface area contributed by atoms with E-state index >= 15 is 0 Å². The molecule has 4 N–H and O–H groups in total. The topological polar surface area (TPSA) is 122 Å². The van der Waals surface area contributed by atoms with Crippen molar-refractivity contribution in [3.8, 4) is 5.75 Å². The van der Waals surface area contributed by atoms with Crippen LogP contribution in [0.25, 0.3) is 10.8 Å². The van der Waals surface area contributed by atoms with Gasteiger partial charge in [-0.3, -0.25) is 4.79 Å². The van der Waals surface area contributed by atoms with Crippen LogP contribution in [0.1, 0.15) is 40.1 Å². The predicted molar refractivity (Wildman–Crippen MR) is 117 cm³/mol. The number of carbonyl (C=O) groups excluding carboxylic acids is 3. The number of ether oxygens (including phenoxy) is 2. The molecule has 0 aliphatic carbocycles. The zero-order valence-electron chi connectivity index (χ0n) is 17.3. The van der Waals surface area contributed by atoms with Crippen molar-refractivity contribution in [3.63, 3.8) is 0 Å². The number of fused-ring (bicyclic) bond motifs is 1. The molecular formula is C24H24N2O5. The number of carbonyl (C=O) groups is 3. The molecule has 0 radical (unpaired) electrons. The lowest BCUT2D eigenvalue weighted by Crippen LogP contribution is -2.33. The van der Waals surface area contributed by atoms with Gasteiger partial charge in [0.15, 0.2) is 11.5 Å². The van der Waals surface area contributed by atoms with Crippen LogP contribution in [0.3, 0.4) is 0 Å². The average molecular weight is 420 g/mol. The first-order chi connectivity index (χ1) is 14.8. The van der Waals surface area contributed by atoms with Crippen LogP contribution in [0.15, 0.2) is 60.7 Å². The average Bonchev–Trinajstić information content (AvgIpc) is 2.77. The Kier molecular flexibility index (Phi) is 6.79. The monoisotopic (exact) mass is 420 g/mol. The minimum atomic E-state index is -0.960. The van der Waals surface area contributed by atoms with Gasteiger partial charge in [-0.25, -0.2) is 9.59 Å². The van der Waals surface area contributed by atoms with Crippen LogP contribution in [0.2, 0.25) is 0 Å². The summed E-state index contributed by atoms with van der Waals surface area (Å²) >= 11 is 0. The first kappa shape index (κ1) is 22.1. The highest BCUT2D eigenvalue weighted by molar-refractivity contribution is 6.16. The molecule has 0 heterocycles. The Morgan fingerprint density at radius 3 is 2.19 bits per heavy atom. The van der Waals surface area contributed by atoms with Crippen LogP contribution in [-0.2, 0) is 16.1 Å².